The van der Waals surface area contributed by atoms with E-state index >= 15 is 0 Å². The van der Waals surface area contributed by atoms with Gasteiger partial charge in [0.05, 0.1) is 23.2 Å². The molecule has 8 heteroatoms. The summed E-state index contributed by atoms with van der Waals surface area (Å²) in [5.41, 5.74) is 4.97. The maximum atomic E-state index is 6.11. The molecule has 2 fully saturated rings. The van der Waals surface area contributed by atoms with Gasteiger partial charge in [-0.05, 0) is 68.6 Å². The Kier molecular flexibility index (Phi) is 5.48. The molecule has 4 aromatic rings. The number of fused-ring (bicyclic) bond motifs is 2. The molecule has 0 radical (unpaired) electrons. The Balaban J connectivity index is 1.20. The van der Waals surface area contributed by atoms with E-state index in [2.05, 4.69) is 43.2 Å². The van der Waals surface area contributed by atoms with E-state index < -0.39 is 0 Å². The number of anilines is 1. The molecule has 2 aliphatic rings. The van der Waals surface area contributed by atoms with Crippen molar-refractivity contribution in [2.45, 2.75) is 37.8 Å². The number of aromatic amines is 2. The summed E-state index contributed by atoms with van der Waals surface area (Å²) in [7, 11) is 1.82. The van der Waals surface area contributed by atoms with E-state index in [9.17, 15) is 0 Å². The zero-order valence-electron chi connectivity index (χ0n) is 18.9. The Labute approximate surface area is 198 Å². The average molecular weight is 465 g/mol. The van der Waals surface area contributed by atoms with Crippen LogP contribution in [0.25, 0.3) is 33.5 Å². The molecule has 0 saturated carbocycles. The fraction of sp³-hybridized carbons (Fsp3) is 0.440. The Hall–Kier alpha value is -2.61. The first kappa shape index (κ1) is 21.0. The lowest BCUT2D eigenvalue weighted by atomic mass is 10.0. The molecule has 0 aliphatic carbocycles. The van der Waals surface area contributed by atoms with E-state index in [1.165, 1.54) is 37.9 Å². The van der Waals surface area contributed by atoms with Crippen LogP contribution in [0.15, 0.2) is 36.4 Å². The maximum absolute atomic E-state index is 6.11. The van der Waals surface area contributed by atoms with Crippen LogP contribution in [0, 0.1) is 0 Å². The third-order valence-corrected chi connectivity index (χ3v) is 7.53. The van der Waals surface area contributed by atoms with Crippen LogP contribution in [0.4, 0.5) is 5.69 Å². The van der Waals surface area contributed by atoms with Gasteiger partial charge in [-0.3, -0.25) is 10.00 Å². The summed E-state index contributed by atoms with van der Waals surface area (Å²) in [5.74, 6) is 0.771. The normalized spacial score (nSPS) is 20.4. The van der Waals surface area contributed by atoms with Crippen LogP contribution in [0.3, 0.4) is 0 Å². The molecule has 33 heavy (non-hydrogen) atoms. The highest BCUT2D eigenvalue weighted by atomic mass is 35.5. The van der Waals surface area contributed by atoms with E-state index in [0.717, 1.165) is 53.2 Å². The summed E-state index contributed by atoms with van der Waals surface area (Å²) in [6.07, 6.45) is 4.97. The van der Waals surface area contributed by atoms with Gasteiger partial charge in [-0.25, -0.2) is 4.98 Å². The Bertz CT molecular complexity index is 1270. The number of H-pyrrole nitrogens is 2. The predicted molar refractivity (Wildman–Crippen MR) is 133 cm³/mol. The summed E-state index contributed by atoms with van der Waals surface area (Å²) in [5, 5.41) is 9.23. The predicted octanol–water partition coefficient (Wildman–Crippen LogP) is 4.84. The number of hydrogen-bond acceptors (Lipinski definition) is 5. The second kappa shape index (κ2) is 8.63. The maximum Gasteiger partial charge on any atom is 0.159 e. The highest BCUT2D eigenvalue weighted by Gasteiger charge is 2.32. The SMILES string of the molecule is COCC1CCCN1C1CCN(c2ccc3nc(-c4n[nH]c5cc(Cl)ccc45)[nH]c3c2)CC1. The smallest absolute Gasteiger partial charge is 0.159 e. The molecule has 1 atom stereocenters. The minimum absolute atomic E-state index is 0.598. The molecule has 6 rings (SSSR count). The van der Waals surface area contributed by atoms with E-state index in [1.54, 1.807) is 0 Å². The quantitative estimate of drug-likeness (QED) is 0.442. The summed E-state index contributed by atoms with van der Waals surface area (Å²) in [6, 6.07) is 13.5. The number of benzene rings is 2. The fourth-order valence-electron chi connectivity index (χ4n) is 5.64. The highest BCUT2D eigenvalue weighted by Crippen LogP contribution is 2.31. The number of rotatable bonds is 5. The first-order valence-electron chi connectivity index (χ1n) is 11.8. The molecule has 4 heterocycles. The third kappa shape index (κ3) is 3.88. The summed E-state index contributed by atoms with van der Waals surface area (Å²) >= 11 is 6.11. The Morgan fingerprint density at radius 3 is 2.79 bits per heavy atom. The fourth-order valence-corrected chi connectivity index (χ4v) is 5.82. The molecule has 2 aliphatic heterocycles. The molecule has 172 valence electrons. The lowest BCUT2D eigenvalue weighted by Crippen LogP contribution is -2.47. The van der Waals surface area contributed by atoms with Gasteiger partial charge >= 0.3 is 0 Å². The van der Waals surface area contributed by atoms with Crippen LogP contribution in [-0.2, 0) is 4.74 Å². The van der Waals surface area contributed by atoms with Crippen molar-refractivity contribution < 1.29 is 4.74 Å². The lowest BCUT2D eigenvalue weighted by molar-refractivity contribution is 0.0799. The van der Waals surface area contributed by atoms with Crippen molar-refractivity contribution in [1.82, 2.24) is 25.1 Å². The van der Waals surface area contributed by atoms with Crippen molar-refractivity contribution in [3.63, 3.8) is 0 Å². The van der Waals surface area contributed by atoms with Gasteiger partial charge < -0.3 is 14.6 Å². The Morgan fingerprint density at radius 1 is 1.06 bits per heavy atom. The van der Waals surface area contributed by atoms with Gasteiger partial charge in [0.1, 0.15) is 5.69 Å². The number of likely N-dealkylation sites (tertiary alicyclic amines) is 1. The second-order valence-corrected chi connectivity index (χ2v) is 9.69. The number of methoxy groups -OCH3 is 1. The molecule has 2 saturated heterocycles. The van der Waals surface area contributed by atoms with Crippen LogP contribution in [0.1, 0.15) is 25.7 Å². The summed E-state index contributed by atoms with van der Waals surface area (Å²) in [6.45, 7) is 4.24. The summed E-state index contributed by atoms with van der Waals surface area (Å²) in [4.78, 5) is 13.5. The van der Waals surface area contributed by atoms with Gasteiger partial charge in [-0.2, -0.15) is 5.10 Å². The van der Waals surface area contributed by atoms with Crippen LogP contribution >= 0.6 is 11.6 Å². The lowest BCUT2D eigenvalue weighted by Gasteiger charge is -2.40. The number of aromatic nitrogens is 4. The number of piperidine rings is 1. The molecular weight excluding hydrogens is 436 g/mol. The van der Waals surface area contributed by atoms with E-state index in [4.69, 9.17) is 21.3 Å². The first-order chi connectivity index (χ1) is 16.2. The zero-order chi connectivity index (χ0) is 22.4. The molecule has 7 nitrogen and oxygen atoms in total. The van der Waals surface area contributed by atoms with Gasteiger partial charge in [0, 0.05) is 48.4 Å². The highest BCUT2D eigenvalue weighted by molar-refractivity contribution is 6.31. The van der Waals surface area contributed by atoms with Gasteiger partial charge in [0.2, 0.25) is 0 Å². The molecule has 2 N–H and O–H groups in total. The van der Waals surface area contributed by atoms with Crippen molar-refractivity contribution >= 4 is 39.2 Å². The molecule has 0 bridgehead atoms. The number of imidazole rings is 1. The second-order valence-electron chi connectivity index (χ2n) is 9.26. The number of hydrogen-bond donors (Lipinski definition) is 2. The average Bonchev–Trinajstić information content (AvgIpc) is 3.56. The summed E-state index contributed by atoms with van der Waals surface area (Å²) < 4.78 is 5.46. The molecule has 0 amide bonds. The monoisotopic (exact) mass is 464 g/mol. The standard InChI is InChI=1S/C25H29ClN6O/c1-33-15-19-3-2-10-32(19)17-8-11-31(12-9-17)18-5-7-21-23(14-18)28-25(27-21)24-20-6-4-16(26)13-22(20)29-30-24/h4-7,13-14,17,19H,2-3,8-12,15H2,1H3,(H,27,28)(H,29,30). The minimum atomic E-state index is 0.598. The van der Waals surface area contributed by atoms with Crippen LogP contribution in [0.2, 0.25) is 5.02 Å². The van der Waals surface area contributed by atoms with Gasteiger partial charge in [0.15, 0.2) is 5.82 Å². The molecule has 2 aromatic heterocycles. The van der Waals surface area contributed by atoms with Crippen molar-refractivity contribution in [2.24, 2.45) is 0 Å². The van der Waals surface area contributed by atoms with E-state index in [0.29, 0.717) is 17.1 Å². The molecule has 0 spiro atoms. The van der Waals surface area contributed by atoms with Crippen LogP contribution in [0.5, 0.6) is 0 Å². The van der Waals surface area contributed by atoms with Crippen molar-refractivity contribution in [3.8, 4) is 11.5 Å². The minimum Gasteiger partial charge on any atom is -0.383 e. The van der Waals surface area contributed by atoms with Gasteiger partial charge in [-0.15, -0.1) is 0 Å². The van der Waals surface area contributed by atoms with Crippen LogP contribution in [-0.4, -0.2) is 70.5 Å². The number of ether oxygens (including phenoxy) is 1. The van der Waals surface area contributed by atoms with Crippen molar-refractivity contribution in [1.29, 1.82) is 0 Å². The number of nitrogens with one attached hydrogen (secondary N) is 2. The molecule has 2 aromatic carbocycles. The number of halogens is 1. The first-order valence-corrected chi connectivity index (χ1v) is 12.2. The van der Waals surface area contributed by atoms with E-state index in [1.807, 2.05) is 25.3 Å². The third-order valence-electron chi connectivity index (χ3n) is 7.30. The largest absolute Gasteiger partial charge is 0.383 e. The molecule has 1 unspecified atom stereocenters. The Morgan fingerprint density at radius 2 is 1.94 bits per heavy atom. The zero-order valence-corrected chi connectivity index (χ0v) is 19.6. The number of nitrogens with zero attached hydrogens (tertiary/aromatic N) is 4. The van der Waals surface area contributed by atoms with Gasteiger partial charge in [0.25, 0.3) is 0 Å². The van der Waals surface area contributed by atoms with Gasteiger partial charge in [-0.1, -0.05) is 11.6 Å². The topological polar surface area (TPSA) is 73.1 Å². The molecular formula is C25H29ClN6O. The van der Waals surface area contributed by atoms with Crippen molar-refractivity contribution in [3.05, 3.63) is 41.4 Å². The van der Waals surface area contributed by atoms with Crippen LogP contribution < -0.4 is 4.90 Å². The van der Waals surface area contributed by atoms with E-state index in [-0.39, 0.29) is 0 Å². The van der Waals surface area contributed by atoms with Crippen molar-refractivity contribution in [2.75, 3.05) is 38.3 Å².